The number of aliphatic hydroxyl groups excluding tert-OH is 1. The van der Waals surface area contributed by atoms with Gasteiger partial charge < -0.3 is 9.84 Å². The van der Waals surface area contributed by atoms with Gasteiger partial charge in [0.2, 0.25) is 0 Å². The number of nitrogens with zero attached hydrogens (tertiary/aromatic N) is 1. The second-order valence-corrected chi connectivity index (χ2v) is 9.78. The Morgan fingerprint density at radius 3 is 2.22 bits per heavy atom. The first kappa shape index (κ1) is 25.5. The van der Waals surface area contributed by atoms with E-state index in [2.05, 4.69) is 0 Å². The van der Waals surface area contributed by atoms with Crippen LogP contribution in [0.3, 0.4) is 0 Å². The number of hydrogen-bond donors (Lipinski definition) is 1. The van der Waals surface area contributed by atoms with Gasteiger partial charge >= 0.3 is 6.18 Å². The molecule has 3 aromatic rings. The Morgan fingerprint density at radius 2 is 1.69 bits per heavy atom. The predicted octanol–water partition coefficient (Wildman–Crippen LogP) is 6.80. The van der Waals surface area contributed by atoms with Crippen molar-refractivity contribution in [3.63, 3.8) is 0 Å². The minimum absolute atomic E-state index is 0.0565. The molecule has 4 rings (SSSR count). The van der Waals surface area contributed by atoms with Crippen molar-refractivity contribution in [3.05, 3.63) is 86.6 Å². The molecule has 5 nitrogen and oxygen atoms in total. The molecule has 1 amide bonds. The van der Waals surface area contributed by atoms with Crippen LogP contribution in [-0.2, 0) is 15.8 Å². The van der Waals surface area contributed by atoms with Crippen LogP contribution in [0.25, 0.3) is 5.76 Å². The smallest absolute Gasteiger partial charge is 0.416 e. The zero-order valence-corrected chi connectivity index (χ0v) is 20.8. The highest BCUT2D eigenvalue weighted by atomic mass is 32.1. The molecular weight excluding hydrogens is 491 g/mol. The van der Waals surface area contributed by atoms with E-state index in [1.54, 1.807) is 37.4 Å². The molecular formula is C27H24F3NO4S. The number of hydrogen-bond acceptors (Lipinski definition) is 5. The highest BCUT2D eigenvalue weighted by Gasteiger charge is 2.48. The number of rotatable bonds is 5. The average Bonchev–Trinajstić information content (AvgIpc) is 3.34. The van der Waals surface area contributed by atoms with E-state index in [-0.39, 0.29) is 23.1 Å². The molecule has 1 aromatic heterocycles. The molecule has 36 heavy (non-hydrogen) atoms. The first-order valence-corrected chi connectivity index (χ1v) is 12.1. The number of benzene rings is 2. The molecule has 1 fully saturated rings. The van der Waals surface area contributed by atoms with E-state index in [9.17, 15) is 27.9 Å². The van der Waals surface area contributed by atoms with Crippen LogP contribution in [0.15, 0.2) is 59.5 Å². The number of alkyl halides is 3. The number of Topliss-reactive ketones (excluding diaryl/α,β-unsaturated/α-hetero) is 1. The van der Waals surface area contributed by atoms with Gasteiger partial charge in [-0.3, -0.25) is 14.5 Å². The van der Waals surface area contributed by atoms with Crippen molar-refractivity contribution in [2.45, 2.75) is 46.0 Å². The fourth-order valence-corrected chi connectivity index (χ4v) is 5.19. The van der Waals surface area contributed by atoms with Crippen LogP contribution in [0.1, 0.15) is 47.0 Å². The van der Waals surface area contributed by atoms with Crippen LogP contribution in [-0.4, -0.2) is 22.9 Å². The zero-order valence-electron chi connectivity index (χ0n) is 20.0. The van der Waals surface area contributed by atoms with Gasteiger partial charge in [-0.15, -0.1) is 11.3 Å². The fourth-order valence-electron chi connectivity index (χ4n) is 4.16. The quantitative estimate of drug-likeness (QED) is 0.231. The van der Waals surface area contributed by atoms with Crippen molar-refractivity contribution >= 4 is 34.5 Å². The Hall–Kier alpha value is -3.59. The van der Waals surface area contributed by atoms with Gasteiger partial charge in [0.15, 0.2) is 0 Å². The Balaban J connectivity index is 1.86. The van der Waals surface area contributed by atoms with E-state index in [1.807, 2.05) is 19.9 Å². The van der Waals surface area contributed by atoms with Crippen molar-refractivity contribution in [1.82, 2.24) is 0 Å². The summed E-state index contributed by atoms with van der Waals surface area (Å²) in [7, 11) is 0. The zero-order chi connectivity index (χ0) is 26.4. The lowest BCUT2D eigenvalue weighted by atomic mass is 9.97. The number of thiophene rings is 1. The molecule has 9 heteroatoms. The standard InChI is InChI=1S/C27H24F3NO4S/c1-14(2)35-20-10-5-17(13-16(20)4)23(32)21-22(25-15(3)11-12-36-25)31(26(34)24(21)33)19-8-6-18(7-9-19)27(28,29)30/h5-14,22,32H,1-4H3/b23-21-. The number of anilines is 1. The molecule has 1 saturated heterocycles. The van der Waals surface area contributed by atoms with Crippen LogP contribution in [0, 0.1) is 13.8 Å². The van der Waals surface area contributed by atoms with Crippen molar-refractivity contribution < 1.29 is 32.6 Å². The van der Waals surface area contributed by atoms with E-state index in [1.165, 1.54) is 11.3 Å². The van der Waals surface area contributed by atoms with Crippen LogP contribution in [0.5, 0.6) is 5.75 Å². The molecule has 188 valence electrons. The van der Waals surface area contributed by atoms with Crippen LogP contribution in [0.2, 0.25) is 0 Å². The van der Waals surface area contributed by atoms with E-state index < -0.39 is 29.5 Å². The third-order valence-electron chi connectivity index (χ3n) is 5.88. The summed E-state index contributed by atoms with van der Waals surface area (Å²) in [5.41, 5.74) is 0.973. The van der Waals surface area contributed by atoms with Gasteiger partial charge in [0.1, 0.15) is 17.6 Å². The molecule has 1 unspecified atom stereocenters. The van der Waals surface area contributed by atoms with Gasteiger partial charge in [-0.05, 0) is 92.7 Å². The van der Waals surface area contributed by atoms with Crippen molar-refractivity contribution in [2.24, 2.45) is 0 Å². The maximum Gasteiger partial charge on any atom is 0.416 e. The van der Waals surface area contributed by atoms with Gasteiger partial charge in [-0.25, -0.2) is 0 Å². The number of carbonyl (C=O) groups excluding carboxylic acids is 2. The van der Waals surface area contributed by atoms with E-state index in [0.29, 0.717) is 16.2 Å². The maximum absolute atomic E-state index is 13.2. The van der Waals surface area contributed by atoms with Crippen LogP contribution < -0.4 is 9.64 Å². The minimum atomic E-state index is -4.54. The third kappa shape index (κ3) is 4.63. The van der Waals surface area contributed by atoms with Crippen LogP contribution in [0.4, 0.5) is 18.9 Å². The summed E-state index contributed by atoms with van der Waals surface area (Å²) in [6.45, 7) is 7.38. The lowest BCUT2D eigenvalue weighted by Crippen LogP contribution is -2.29. The largest absolute Gasteiger partial charge is 0.507 e. The number of aryl methyl sites for hydroxylation is 2. The number of amides is 1. The molecule has 2 aromatic carbocycles. The normalized spacial score (nSPS) is 17.8. The summed E-state index contributed by atoms with van der Waals surface area (Å²) in [6.07, 6.45) is -4.60. The number of ether oxygens (including phenoxy) is 1. The SMILES string of the molecule is Cc1cc(/C(O)=C2/C(=O)C(=O)N(c3ccc(C(F)(F)F)cc3)C2c2sccc2C)ccc1OC(C)C. The molecule has 0 bridgehead atoms. The molecule has 1 aliphatic rings. The van der Waals surface area contributed by atoms with Crippen molar-refractivity contribution in [2.75, 3.05) is 4.90 Å². The Morgan fingerprint density at radius 1 is 1.03 bits per heavy atom. The lowest BCUT2D eigenvalue weighted by molar-refractivity contribution is -0.137. The summed E-state index contributed by atoms with van der Waals surface area (Å²) < 4.78 is 45.0. The average molecular weight is 516 g/mol. The van der Waals surface area contributed by atoms with Gasteiger partial charge in [-0.2, -0.15) is 13.2 Å². The van der Waals surface area contributed by atoms with E-state index in [0.717, 1.165) is 40.3 Å². The van der Waals surface area contributed by atoms with Gasteiger partial charge in [0.25, 0.3) is 11.7 Å². The molecule has 0 radical (unpaired) electrons. The summed E-state index contributed by atoms with van der Waals surface area (Å²) in [4.78, 5) is 28.2. The molecule has 1 aliphatic heterocycles. The monoisotopic (exact) mass is 515 g/mol. The Kier molecular flexibility index (Phi) is 6.70. The van der Waals surface area contributed by atoms with Crippen molar-refractivity contribution in [3.8, 4) is 5.75 Å². The third-order valence-corrected chi connectivity index (χ3v) is 6.95. The maximum atomic E-state index is 13.2. The molecule has 2 heterocycles. The summed E-state index contributed by atoms with van der Waals surface area (Å²) >= 11 is 1.29. The van der Waals surface area contributed by atoms with Gasteiger partial charge in [0.05, 0.1) is 17.2 Å². The molecule has 1 N–H and O–H groups in total. The molecule has 0 spiro atoms. The first-order chi connectivity index (χ1) is 16.9. The number of aliphatic hydroxyl groups is 1. The second-order valence-electron chi connectivity index (χ2n) is 8.83. The first-order valence-electron chi connectivity index (χ1n) is 11.2. The topological polar surface area (TPSA) is 66.8 Å². The highest BCUT2D eigenvalue weighted by molar-refractivity contribution is 7.10. The van der Waals surface area contributed by atoms with E-state index >= 15 is 0 Å². The molecule has 0 saturated carbocycles. The van der Waals surface area contributed by atoms with Gasteiger partial charge in [0, 0.05) is 16.1 Å². The summed E-state index contributed by atoms with van der Waals surface area (Å²) in [5.74, 6) is -1.58. The number of halogens is 3. The highest BCUT2D eigenvalue weighted by Crippen LogP contribution is 2.45. The lowest BCUT2D eigenvalue weighted by Gasteiger charge is -2.25. The molecule has 0 aliphatic carbocycles. The van der Waals surface area contributed by atoms with Crippen molar-refractivity contribution in [1.29, 1.82) is 0 Å². The van der Waals surface area contributed by atoms with E-state index in [4.69, 9.17) is 4.74 Å². The molecule has 1 atom stereocenters. The Bertz CT molecular complexity index is 1360. The number of ketones is 1. The predicted molar refractivity (Wildman–Crippen MR) is 132 cm³/mol. The van der Waals surface area contributed by atoms with Gasteiger partial charge in [-0.1, -0.05) is 0 Å². The number of carbonyl (C=O) groups is 2. The minimum Gasteiger partial charge on any atom is -0.507 e. The summed E-state index contributed by atoms with van der Waals surface area (Å²) in [5, 5.41) is 13.1. The fraction of sp³-hybridized carbons (Fsp3) is 0.259. The Labute approximate surface area is 210 Å². The second kappa shape index (κ2) is 9.46. The summed E-state index contributed by atoms with van der Waals surface area (Å²) in [6, 6.07) is 9.82. The van der Waals surface area contributed by atoms with Crippen LogP contribution >= 0.6 is 11.3 Å².